The number of carbonyl (C=O) groups is 1. The van der Waals surface area contributed by atoms with Crippen LogP contribution < -0.4 is 0 Å². The predicted molar refractivity (Wildman–Crippen MR) is 69.3 cm³/mol. The van der Waals surface area contributed by atoms with Gasteiger partial charge in [-0.1, -0.05) is 34.5 Å². The zero-order chi connectivity index (χ0) is 11.4. The average Bonchev–Trinajstić information content (AvgIpc) is 2.60. The summed E-state index contributed by atoms with van der Waals surface area (Å²) in [6, 6.07) is 3.52. The SMILES string of the molecule is CC(Br)CCN(C)C(=O)c1ccc(Cl)s1. The Labute approximate surface area is 107 Å². The van der Waals surface area contributed by atoms with Crippen LogP contribution in [0, 0.1) is 0 Å². The molecule has 2 nitrogen and oxygen atoms in total. The fourth-order valence-corrected chi connectivity index (χ4v) is 2.33. The van der Waals surface area contributed by atoms with Gasteiger partial charge >= 0.3 is 0 Å². The molecule has 0 aliphatic heterocycles. The topological polar surface area (TPSA) is 20.3 Å². The number of thiophene rings is 1. The third-order valence-corrected chi connectivity index (χ3v) is 3.67. The standard InChI is InChI=1S/C10H13BrClNOS/c1-7(11)5-6-13(2)10(14)8-3-4-9(12)15-8/h3-4,7H,5-6H2,1-2H3. The van der Waals surface area contributed by atoms with Crippen molar-refractivity contribution in [2.24, 2.45) is 0 Å². The fourth-order valence-electron chi connectivity index (χ4n) is 1.09. The molecule has 0 aliphatic carbocycles. The number of hydrogen-bond donors (Lipinski definition) is 0. The van der Waals surface area contributed by atoms with Gasteiger partial charge in [0.1, 0.15) is 0 Å². The van der Waals surface area contributed by atoms with E-state index in [1.54, 1.807) is 17.0 Å². The zero-order valence-corrected chi connectivity index (χ0v) is 11.8. The van der Waals surface area contributed by atoms with Gasteiger partial charge in [0, 0.05) is 18.4 Å². The smallest absolute Gasteiger partial charge is 0.263 e. The van der Waals surface area contributed by atoms with Crippen LogP contribution in [-0.4, -0.2) is 29.2 Å². The van der Waals surface area contributed by atoms with Crippen LogP contribution in [0.25, 0.3) is 0 Å². The summed E-state index contributed by atoms with van der Waals surface area (Å²) in [7, 11) is 1.81. The van der Waals surface area contributed by atoms with Crippen molar-refractivity contribution in [2.45, 2.75) is 18.2 Å². The van der Waals surface area contributed by atoms with E-state index in [-0.39, 0.29) is 5.91 Å². The number of nitrogens with zero attached hydrogens (tertiary/aromatic N) is 1. The first-order valence-electron chi connectivity index (χ1n) is 4.65. The highest BCUT2D eigenvalue weighted by atomic mass is 79.9. The van der Waals surface area contributed by atoms with Crippen LogP contribution in [0.1, 0.15) is 23.0 Å². The summed E-state index contributed by atoms with van der Waals surface area (Å²) >= 11 is 10.6. The van der Waals surface area contributed by atoms with Crippen LogP contribution in [0.2, 0.25) is 4.34 Å². The van der Waals surface area contributed by atoms with Crippen molar-refractivity contribution < 1.29 is 4.79 Å². The summed E-state index contributed by atoms with van der Waals surface area (Å²) in [5.41, 5.74) is 0. The summed E-state index contributed by atoms with van der Waals surface area (Å²) in [5.74, 6) is 0.0417. The first-order valence-corrected chi connectivity index (χ1v) is 6.76. The predicted octanol–water partition coefficient (Wildman–Crippen LogP) is 3.65. The van der Waals surface area contributed by atoms with Gasteiger partial charge in [-0.3, -0.25) is 4.79 Å². The van der Waals surface area contributed by atoms with E-state index >= 15 is 0 Å². The van der Waals surface area contributed by atoms with E-state index in [2.05, 4.69) is 22.9 Å². The van der Waals surface area contributed by atoms with Crippen molar-refractivity contribution in [3.05, 3.63) is 21.3 Å². The molecular weight excluding hydrogens is 298 g/mol. The third kappa shape index (κ3) is 4.13. The molecule has 1 amide bonds. The number of halogens is 2. The molecule has 1 unspecified atom stereocenters. The number of hydrogen-bond acceptors (Lipinski definition) is 2. The zero-order valence-electron chi connectivity index (χ0n) is 8.67. The number of alkyl halides is 1. The second kappa shape index (κ2) is 5.87. The average molecular weight is 311 g/mol. The van der Waals surface area contributed by atoms with Gasteiger partial charge in [0.25, 0.3) is 5.91 Å². The summed E-state index contributed by atoms with van der Waals surface area (Å²) in [6.45, 7) is 2.82. The molecule has 0 aromatic carbocycles. The Bertz CT molecular complexity index is 340. The molecule has 0 aliphatic rings. The number of amides is 1. The lowest BCUT2D eigenvalue weighted by molar-refractivity contribution is 0.0799. The molecular formula is C10H13BrClNOS. The normalized spacial score (nSPS) is 12.5. The first kappa shape index (κ1) is 13.0. The molecule has 0 saturated carbocycles. The molecule has 0 radical (unpaired) electrons. The Morgan fingerprint density at radius 2 is 2.33 bits per heavy atom. The highest BCUT2D eigenvalue weighted by Gasteiger charge is 2.13. The van der Waals surface area contributed by atoms with E-state index in [1.165, 1.54) is 11.3 Å². The van der Waals surface area contributed by atoms with Crippen LogP contribution in [0.15, 0.2) is 12.1 Å². The monoisotopic (exact) mass is 309 g/mol. The van der Waals surface area contributed by atoms with Crippen LogP contribution in [0.3, 0.4) is 0 Å². The van der Waals surface area contributed by atoms with Crippen molar-refractivity contribution >= 4 is 44.8 Å². The minimum absolute atomic E-state index is 0.0417. The fraction of sp³-hybridized carbons (Fsp3) is 0.500. The van der Waals surface area contributed by atoms with Crippen LogP contribution >= 0.6 is 38.9 Å². The Morgan fingerprint density at radius 3 is 2.80 bits per heavy atom. The van der Waals surface area contributed by atoms with Crippen molar-refractivity contribution in [1.82, 2.24) is 4.90 Å². The van der Waals surface area contributed by atoms with E-state index in [9.17, 15) is 4.79 Å². The molecule has 0 N–H and O–H groups in total. The van der Waals surface area contributed by atoms with Gasteiger partial charge < -0.3 is 4.90 Å². The lowest BCUT2D eigenvalue weighted by Gasteiger charge is -2.16. The van der Waals surface area contributed by atoms with Gasteiger partial charge in [0.05, 0.1) is 9.21 Å². The number of carbonyl (C=O) groups excluding carboxylic acids is 1. The van der Waals surface area contributed by atoms with E-state index in [4.69, 9.17) is 11.6 Å². The van der Waals surface area contributed by atoms with Crippen LogP contribution in [0.5, 0.6) is 0 Å². The van der Waals surface area contributed by atoms with Gasteiger partial charge in [-0.25, -0.2) is 0 Å². The Morgan fingerprint density at radius 1 is 1.67 bits per heavy atom. The molecule has 1 aromatic heterocycles. The van der Waals surface area contributed by atoms with Gasteiger partial charge in [-0.15, -0.1) is 11.3 Å². The summed E-state index contributed by atoms with van der Waals surface area (Å²) in [5, 5.41) is 0. The molecule has 5 heteroatoms. The molecule has 0 bridgehead atoms. The summed E-state index contributed by atoms with van der Waals surface area (Å²) < 4.78 is 0.653. The van der Waals surface area contributed by atoms with Crippen molar-refractivity contribution in [1.29, 1.82) is 0 Å². The van der Waals surface area contributed by atoms with E-state index in [0.717, 1.165) is 13.0 Å². The largest absolute Gasteiger partial charge is 0.341 e. The lowest BCUT2D eigenvalue weighted by Crippen LogP contribution is -2.28. The van der Waals surface area contributed by atoms with Crippen molar-refractivity contribution in [2.75, 3.05) is 13.6 Å². The molecule has 0 spiro atoms. The highest BCUT2D eigenvalue weighted by molar-refractivity contribution is 9.09. The molecule has 1 rings (SSSR count). The van der Waals surface area contributed by atoms with Crippen molar-refractivity contribution in [3.8, 4) is 0 Å². The highest BCUT2D eigenvalue weighted by Crippen LogP contribution is 2.22. The van der Waals surface area contributed by atoms with Gasteiger partial charge in [0.2, 0.25) is 0 Å². The molecule has 0 saturated heterocycles. The first-order chi connectivity index (χ1) is 7.00. The van der Waals surface area contributed by atoms with Gasteiger partial charge in [-0.05, 0) is 18.6 Å². The van der Waals surface area contributed by atoms with E-state index in [0.29, 0.717) is 14.0 Å². The van der Waals surface area contributed by atoms with E-state index < -0.39 is 0 Å². The summed E-state index contributed by atoms with van der Waals surface area (Å²) in [6.07, 6.45) is 0.946. The van der Waals surface area contributed by atoms with Gasteiger partial charge in [-0.2, -0.15) is 0 Å². The Hall–Kier alpha value is -0.0600. The van der Waals surface area contributed by atoms with Crippen molar-refractivity contribution in [3.63, 3.8) is 0 Å². The van der Waals surface area contributed by atoms with E-state index in [1.807, 2.05) is 7.05 Å². The maximum absolute atomic E-state index is 11.8. The minimum atomic E-state index is 0.0417. The minimum Gasteiger partial charge on any atom is -0.341 e. The Kier molecular flexibility index (Phi) is 5.09. The molecule has 1 atom stereocenters. The maximum atomic E-state index is 11.8. The van der Waals surface area contributed by atoms with Gasteiger partial charge in [0.15, 0.2) is 0 Å². The Balaban J connectivity index is 2.53. The van der Waals surface area contributed by atoms with Crippen LogP contribution in [0.4, 0.5) is 0 Å². The second-order valence-corrected chi connectivity index (χ2v) is 6.68. The molecule has 15 heavy (non-hydrogen) atoms. The molecule has 1 aromatic rings. The summed E-state index contributed by atoms with van der Waals surface area (Å²) in [4.78, 5) is 14.7. The van der Waals surface area contributed by atoms with Crippen LogP contribution in [-0.2, 0) is 0 Å². The molecule has 1 heterocycles. The maximum Gasteiger partial charge on any atom is 0.263 e. The number of rotatable bonds is 4. The lowest BCUT2D eigenvalue weighted by atomic mass is 10.3. The second-order valence-electron chi connectivity index (χ2n) is 3.40. The molecule has 84 valence electrons. The quantitative estimate of drug-likeness (QED) is 0.777. The third-order valence-electron chi connectivity index (χ3n) is 1.99. The molecule has 0 fully saturated rings.